The van der Waals surface area contributed by atoms with Crippen LogP contribution < -0.4 is 16.0 Å². The summed E-state index contributed by atoms with van der Waals surface area (Å²) in [7, 11) is 1.27. The normalized spacial score (nSPS) is 11.7. The molecule has 23 heavy (non-hydrogen) atoms. The van der Waals surface area contributed by atoms with Gasteiger partial charge >= 0.3 is 11.3 Å². The molecular weight excluding hydrogens is 308 g/mol. The molecule has 0 atom stereocenters. The fourth-order valence-corrected chi connectivity index (χ4v) is 2.73. The molecule has 2 heterocycles. The number of aromatic hydroxyl groups is 3. The van der Waals surface area contributed by atoms with E-state index in [9.17, 15) is 24.9 Å². The second kappa shape index (κ2) is 4.07. The molecule has 0 saturated heterocycles. The molecule has 0 saturated carbocycles. The molecule has 0 aliphatic rings. The van der Waals surface area contributed by atoms with Crippen LogP contribution in [0.4, 0.5) is 0 Å². The Labute approximate surface area is 125 Å². The van der Waals surface area contributed by atoms with Crippen LogP contribution in [0.3, 0.4) is 0 Å². The van der Waals surface area contributed by atoms with Gasteiger partial charge in [-0.2, -0.15) is 0 Å². The van der Waals surface area contributed by atoms with Gasteiger partial charge in [-0.1, -0.05) is 0 Å². The summed E-state index contributed by atoms with van der Waals surface area (Å²) in [5.41, 5.74) is -2.35. The first-order chi connectivity index (χ1) is 10.9. The summed E-state index contributed by atoms with van der Waals surface area (Å²) in [6.45, 7) is 0. The standard InChI is InChI=1S/C15H8O8/c1-21-7-3-5-9-8-4(14(19)23-13(9)11(7)18)2-6(16)10(17)12(8)22-15(5)20/h2-3,16-18H,1H3. The zero-order chi connectivity index (χ0) is 16.5. The van der Waals surface area contributed by atoms with Crippen LogP contribution in [-0.4, -0.2) is 22.4 Å². The monoisotopic (exact) mass is 316 g/mol. The Bertz CT molecular complexity index is 1210. The van der Waals surface area contributed by atoms with Crippen LogP contribution in [0.25, 0.3) is 32.7 Å². The summed E-state index contributed by atoms with van der Waals surface area (Å²) in [5, 5.41) is 29.8. The quantitative estimate of drug-likeness (QED) is 0.274. The van der Waals surface area contributed by atoms with Crippen LogP contribution >= 0.6 is 0 Å². The van der Waals surface area contributed by atoms with Crippen LogP contribution in [0.15, 0.2) is 30.6 Å². The fourth-order valence-electron chi connectivity index (χ4n) is 2.73. The van der Waals surface area contributed by atoms with Crippen LogP contribution in [-0.2, 0) is 0 Å². The van der Waals surface area contributed by atoms with Crippen LogP contribution in [0.1, 0.15) is 0 Å². The molecule has 0 amide bonds. The van der Waals surface area contributed by atoms with E-state index in [2.05, 4.69) is 0 Å². The predicted molar refractivity (Wildman–Crippen MR) is 78.8 cm³/mol. The lowest BCUT2D eigenvalue weighted by molar-refractivity contribution is 0.370. The first-order valence-corrected chi connectivity index (χ1v) is 6.41. The highest BCUT2D eigenvalue weighted by molar-refractivity contribution is 6.22. The Kier molecular flexibility index (Phi) is 2.34. The summed E-state index contributed by atoms with van der Waals surface area (Å²) in [6, 6.07) is 2.25. The van der Waals surface area contributed by atoms with Gasteiger partial charge in [0.1, 0.15) is 0 Å². The largest absolute Gasteiger partial charge is 0.504 e. The smallest absolute Gasteiger partial charge is 0.344 e. The van der Waals surface area contributed by atoms with Crippen molar-refractivity contribution in [3.05, 3.63) is 33.0 Å². The minimum Gasteiger partial charge on any atom is -0.504 e. The topological polar surface area (TPSA) is 130 Å². The summed E-state index contributed by atoms with van der Waals surface area (Å²) < 4.78 is 15.1. The zero-order valence-corrected chi connectivity index (χ0v) is 11.5. The summed E-state index contributed by atoms with van der Waals surface area (Å²) >= 11 is 0. The Balaban J connectivity index is 2.50. The van der Waals surface area contributed by atoms with Crippen molar-refractivity contribution in [1.82, 2.24) is 0 Å². The maximum Gasteiger partial charge on any atom is 0.344 e. The average Bonchev–Trinajstić information content (AvgIpc) is 2.52. The summed E-state index contributed by atoms with van der Waals surface area (Å²) in [5.74, 6) is -1.84. The van der Waals surface area contributed by atoms with E-state index in [4.69, 9.17) is 13.6 Å². The van der Waals surface area contributed by atoms with E-state index in [1.807, 2.05) is 0 Å². The molecule has 4 aromatic rings. The van der Waals surface area contributed by atoms with Crippen molar-refractivity contribution >= 4 is 32.7 Å². The molecule has 116 valence electrons. The maximum atomic E-state index is 12.2. The van der Waals surface area contributed by atoms with Crippen molar-refractivity contribution < 1.29 is 28.9 Å². The van der Waals surface area contributed by atoms with Gasteiger partial charge in [0, 0.05) is 10.8 Å². The molecule has 0 aliphatic carbocycles. The van der Waals surface area contributed by atoms with Crippen LogP contribution in [0.5, 0.6) is 23.0 Å². The minimum absolute atomic E-state index is 0.000916. The number of hydrogen-bond donors (Lipinski definition) is 3. The Morgan fingerprint density at radius 2 is 1.39 bits per heavy atom. The SMILES string of the molecule is COc1cc2c(=O)oc3c(O)c(O)cc4c(=O)oc(c1O)c2c34. The van der Waals surface area contributed by atoms with Crippen molar-refractivity contribution in [2.45, 2.75) is 0 Å². The van der Waals surface area contributed by atoms with Gasteiger partial charge < -0.3 is 28.9 Å². The molecule has 0 radical (unpaired) electrons. The molecule has 8 nitrogen and oxygen atoms in total. The van der Waals surface area contributed by atoms with E-state index in [1.54, 1.807) is 0 Å². The van der Waals surface area contributed by atoms with Gasteiger partial charge in [-0.3, -0.25) is 0 Å². The lowest BCUT2D eigenvalue weighted by Crippen LogP contribution is -2.07. The Hall–Kier alpha value is -3.42. The summed E-state index contributed by atoms with van der Waals surface area (Å²) in [4.78, 5) is 24.3. The first-order valence-electron chi connectivity index (χ1n) is 6.41. The third-order valence-electron chi connectivity index (χ3n) is 3.75. The third kappa shape index (κ3) is 1.49. The van der Waals surface area contributed by atoms with Crippen molar-refractivity contribution in [3.8, 4) is 23.0 Å². The molecular formula is C15H8O8. The molecule has 2 aromatic carbocycles. The Morgan fingerprint density at radius 1 is 0.870 bits per heavy atom. The third-order valence-corrected chi connectivity index (χ3v) is 3.75. The number of phenols is 3. The van der Waals surface area contributed by atoms with Crippen LogP contribution in [0.2, 0.25) is 0 Å². The second-order valence-electron chi connectivity index (χ2n) is 4.95. The molecule has 8 heteroatoms. The van der Waals surface area contributed by atoms with Gasteiger partial charge in [-0.25, -0.2) is 9.59 Å². The number of hydrogen-bond acceptors (Lipinski definition) is 8. The van der Waals surface area contributed by atoms with Gasteiger partial charge in [0.15, 0.2) is 22.7 Å². The van der Waals surface area contributed by atoms with E-state index >= 15 is 0 Å². The number of ether oxygens (including phenoxy) is 1. The van der Waals surface area contributed by atoms with Gasteiger partial charge in [-0.15, -0.1) is 0 Å². The average molecular weight is 316 g/mol. The van der Waals surface area contributed by atoms with Crippen molar-refractivity contribution in [3.63, 3.8) is 0 Å². The number of methoxy groups -OCH3 is 1. The van der Waals surface area contributed by atoms with E-state index < -0.39 is 28.5 Å². The first kappa shape index (κ1) is 13.3. The molecule has 0 fully saturated rings. The number of phenolic OH excluding ortho intramolecular Hbond substituents is 3. The molecule has 3 N–H and O–H groups in total. The Morgan fingerprint density at radius 3 is 1.96 bits per heavy atom. The van der Waals surface area contributed by atoms with E-state index in [0.717, 1.165) is 6.07 Å². The van der Waals surface area contributed by atoms with Gasteiger partial charge in [-0.05, 0) is 12.1 Å². The minimum atomic E-state index is -0.878. The highest BCUT2D eigenvalue weighted by Gasteiger charge is 2.25. The lowest BCUT2D eigenvalue weighted by atomic mass is 10.0. The van der Waals surface area contributed by atoms with Crippen molar-refractivity contribution in [1.29, 1.82) is 0 Å². The molecule has 0 spiro atoms. The van der Waals surface area contributed by atoms with Gasteiger partial charge in [0.05, 0.1) is 17.9 Å². The molecule has 0 unspecified atom stereocenters. The lowest BCUT2D eigenvalue weighted by Gasteiger charge is -2.12. The molecule has 2 aromatic heterocycles. The van der Waals surface area contributed by atoms with E-state index in [-0.39, 0.29) is 38.5 Å². The highest BCUT2D eigenvalue weighted by atomic mass is 16.5. The number of rotatable bonds is 1. The fraction of sp³-hybridized carbons (Fsp3) is 0.0667. The maximum absolute atomic E-state index is 12.2. The molecule has 0 bridgehead atoms. The predicted octanol–water partition coefficient (Wildman–Crippen LogP) is 1.62. The van der Waals surface area contributed by atoms with Crippen LogP contribution in [0, 0.1) is 0 Å². The molecule has 0 aliphatic heterocycles. The second-order valence-corrected chi connectivity index (χ2v) is 4.95. The van der Waals surface area contributed by atoms with E-state index in [0.29, 0.717) is 0 Å². The van der Waals surface area contributed by atoms with Crippen molar-refractivity contribution in [2.24, 2.45) is 0 Å². The number of benzene rings is 2. The van der Waals surface area contributed by atoms with E-state index in [1.165, 1.54) is 13.2 Å². The molecule has 4 rings (SSSR count). The summed E-state index contributed by atoms with van der Waals surface area (Å²) in [6.07, 6.45) is 0. The van der Waals surface area contributed by atoms with Crippen molar-refractivity contribution in [2.75, 3.05) is 7.11 Å². The zero-order valence-electron chi connectivity index (χ0n) is 11.5. The van der Waals surface area contributed by atoms with Gasteiger partial charge in [0.2, 0.25) is 11.5 Å². The van der Waals surface area contributed by atoms with Gasteiger partial charge in [0.25, 0.3) is 0 Å². The highest BCUT2D eigenvalue weighted by Crippen LogP contribution is 2.44.